The minimum absolute atomic E-state index is 0.0459. The van der Waals surface area contributed by atoms with Crippen molar-refractivity contribution in [3.05, 3.63) is 39.6 Å². The van der Waals surface area contributed by atoms with Crippen LogP contribution in [0.4, 0.5) is 11.5 Å². The first-order chi connectivity index (χ1) is 9.52. The van der Waals surface area contributed by atoms with Crippen LogP contribution in [0.3, 0.4) is 0 Å². The average molecular weight is 278 g/mol. The number of nitrogens with zero attached hydrogens (tertiary/aromatic N) is 3. The lowest BCUT2D eigenvalue weighted by Crippen LogP contribution is -2.35. The normalized spacial score (nSPS) is 12.3. The molecule has 0 aliphatic rings. The summed E-state index contributed by atoms with van der Waals surface area (Å²) in [6.45, 7) is 4.73. The molecule has 0 aliphatic carbocycles. The molecule has 2 rings (SSSR count). The average Bonchev–Trinajstić information content (AvgIpc) is 2.87. The lowest BCUT2D eigenvalue weighted by atomic mass is 10.3. The van der Waals surface area contributed by atoms with E-state index in [0.717, 1.165) is 0 Å². The Morgan fingerprint density at radius 3 is 2.85 bits per heavy atom. The number of nitrogens with two attached hydrogens (primary N) is 1. The molecule has 0 saturated carbocycles. The molecule has 0 fully saturated rings. The number of aromatic amines is 1. The molecule has 2 aromatic heterocycles. The largest absolute Gasteiger partial charge is 0.383 e. The molecule has 1 unspecified atom stereocenters. The third-order valence-corrected chi connectivity index (χ3v) is 2.99. The number of hydrogen-bond donors (Lipinski definition) is 3. The van der Waals surface area contributed by atoms with E-state index in [1.807, 2.05) is 17.7 Å². The molecular weight excluding hydrogens is 260 g/mol. The van der Waals surface area contributed by atoms with Crippen LogP contribution in [0, 0.1) is 0 Å². The summed E-state index contributed by atoms with van der Waals surface area (Å²) in [5.74, 6) is 0.152. The minimum atomic E-state index is -0.505. The van der Waals surface area contributed by atoms with Crippen molar-refractivity contribution in [2.75, 3.05) is 11.1 Å². The van der Waals surface area contributed by atoms with Crippen LogP contribution in [0.1, 0.15) is 13.8 Å². The second kappa shape index (κ2) is 5.64. The second-order valence-electron chi connectivity index (χ2n) is 4.57. The summed E-state index contributed by atoms with van der Waals surface area (Å²) < 4.78 is 3.20. The van der Waals surface area contributed by atoms with Gasteiger partial charge in [0.25, 0.3) is 5.56 Å². The Kier molecular flexibility index (Phi) is 3.92. The number of anilines is 2. The summed E-state index contributed by atoms with van der Waals surface area (Å²) in [6, 6.07) is -0.0459. The number of nitrogens with one attached hydrogen (secondary N) is 2. The van der Waals surface area contributed by atoms with E-state index >= 15 is 0 Å². The second-order valence-corrected chi connectivity index (χ2v) is 4.57. The van der Waals surface area contributed by atoms with Crippen LogP contribution in [-0.4, -0.2) is 25.1 Å². The van der Waals surface area contributed by atoms with E-state index in [-0.39, 0.29) is 17.5 Å². The fourth-order valence-electron chi connectivity index (χ4n) is 2.04. The lowest BCUT2D eigenvalue weighted by Gasteiger charge is -2.18. The van der Waals surface area contributed by atoms with Crippen LogP contribution in [0.2, 0.25) is 0 Å². The van der Waals surface area contributed by atoms with Crippen molar-refractivity contribution in [2.24, 2.45) is 0 Å². The fourth-order valence-corrected chi connectivity index (χ4v) is 2.04. The predicted octanol–water partition coefficient (Wildman–Crippen LogP) is -0.164. The molecular formula is C12H18N6O2. The summed E-state index contributed by atoms with van der Waals surface area (Å²) in [4.78, 5) is 29.6. The van der Waals surface area contributed by atoms with Gasteiger partial charge in [-0.05, 0) is 13.8 Å². The first-order valence-corrected chi connectivity index (χ1v) is 6.37. The maximum Gasteiger partial charge on any atom is 0.330 e. The molecule has 0 saturated heterocycles. The minimum Gasteiger partial charge on any atom is -0.383 e. The number of imidazole rings is 1. The quantitative estimate of drug-likeness (QED) is 0.703. The van der Waals surface area contributed by atoms with Crippen molar-refractivity contribution >= 4 is 11.5 Å². The number of aromatic nitrogens is 4. The summed E-state index contributed by atoms with van der Waals surface area (Å²) in [6.07, 6.45) is 5.21. The first kappa shape index (κ1) is 13.9. The van der Waals surface area contributed by atoms with E-state index in [9.17, 15) is 9.59 Å². The van der Waals surface area contributed by atoms with Gasteiger partial charge in [0.05, 0.1) is 6.33 Å². The Bertz CT molecular complexity index is 685. The summed E-state index contributed by atoms with van der Waals surface area (Å²) in [7, 11) is 0. The van der Waals surface area contributed by atoms with Crippen molar-refractivity contribution in [3.8, 4) is 0 Å². The maximum atomic E-state index is 11.8. The van der Waals surface area contributed by atoms with Gasteiger partial charge in [-0.2, -0.15) is 0 Å². The molecule has 0 aliphatic heterocycles. The topological polar surface area (TPSA) is 111 Å². The third kappa shape index (κ3) is 2.73. The Morgan fingerprint density at radius 1 is 1.50 bits per heavy atom. The highest BCUT2D eigenvalue weighted by Gasteiger charge is 2.13. The molecule has 4 N–H and O–H groups in total. The Morgan fingerprint density at radius 2 is 2.25 bits per heavy atom. The van der Waals surface area contributed by atoms with Gasteiger partial charge in [-0.25, -0.2) is 9.78 Å². The van der Waals surface area contributed by atoms with Crippen molar-refractivity contribution in [3.63, 3.8) is 0 Å². The van der Waals surface area contributed by atoms with Crippen LogP contribution < -0.4 is 22.3 Å². The van der Waals surface area contributed by atoms with Crippen LogP contribution in [0.15, 0.2) is 28.3 Å². The highest BCUT2D eigenvalue weighted by Crippen LogP contribution is 2.11. The molecule has 20 heavy (non-hydrogen) atoms. The van der Waals surface area contributed by atoms with Crippen LogP contribution in [0.25, 0.3) is 0 Å². The number of hydrogen-bond acceptors (Lipinski definition) is 5. The molecule has 0 radical (unpaired) electrons. The molecule has 108 valence electrons. The van der Waals surface area contributed by atoms with E-state index in [4.69, 9.17) is 5.73 Å². The van der Waals surface area contributed by atoms with E-state index in [2.05, 4.69) is 15.3 Å². The van der Waals surface area contributed by atoms with Gasteiger partial charge in [-0.15, -0.1) is 0 Å². The molecule has 0 amide bonds. The van der Waals surface area contributed by atoms with Crippen molar-refractivity contribution < 1.29 is 0 Å². The molecule has 1 atom stereocenters. The zero-order valence-corrected chi connectivity index (χ0v) is 11.5. The molecule has 0 aromatic carbocycles. The van der Waals surface area contributed by atoms with Gasteiger partial charge in [0, 0.05) is 31.5 Å². The number of nitrogen functional groups attached to an aromatic ring is 1. The van der Waals surface area contributed by atoms with Crippen molar-refractivity contribution in [1.29, 1.82) is 0 Å². The molecule has 0 spiro atoms. The van der Waals surface area contributed by atoms with E-state index < -0.39 is 11.2 Å². The standard InChI is InChI=1S/C12H18N6O2/c1-3-18-10(13)9(11(19)16-12(18)20)15-8(2)6-17-5-4-14-7-17/h4-5,7-8,15H,3,6,13H2,1-2H3,(H,16,19,20). The monoisotopic (exact) mass is 278 g/mol. The Hall–Kier alpha value is -2.51. The van der Waals surface area contributed by atoms with Crippen LogP contribution in [0.5, 0.6) is 0 Å². The van der Waals surface area contributed by atoms with Crippen LogP contribution >= 0.6 is 0 Å². The fraction of sp³-hybridized carbons (Fsp3) is 0.417. The zero-order chi connectivity index (χ0) is 14.7. The summed E-state index contributed by atoms with van der Waals surface area (Å²) >= 11 is 0. The molecule has 2 heterocycles. The third-order valence-electron chi connectivity index (χ3n) is 2.99. The van der Waals surface area contributed by atoms with Gasteiger partial charge >= 0.3 is 5.69 Å². The first-order valence-electron chi connectivity index (χ1n) is 6.37. The smallest absolute Gasteiger partial charge is 0.330 e. The summed E-state index contributed by atoms with van der Waals surface area (Å²) in [5.41, 5.74) is 5.10. The molecule has 0 bridgehead atoms. The van der Waals surface area contributed by atoms with E-state index in [1.54, 1.807) is 19.4 Å². The van der Waals surface area contributed by atoms with Gasteiger partial charge < -0.3 is 15.6 Å². The van der Waals surface area contributed by atoms with E-state index in [1.165, 1.54) is 4.57 Å². The zero-order valence-electron chi connectivity index (χ0n) is 11.5. The SMILES string of the molecule is CCn1c(N)c(NC(C)Cn2ccnc2)c(=O)[nH]c1=O. The van der Waals surface area contributed by atoms with Gasteiger partial charge in [0.15, 0.2) is 0 Å². The maximum absolute atomic E-state index is 11.8. The molecule has 8 nitrogen and oxygen atoms in total. The van der Waals surface area contributed by atoms with Gasteiger partial charge in [-0.1, -0.05) is 0 Å². The highest BCUT2D eigenvalue weighted by molar-refractivity contribution is 5.60. The Labute approximate surface area is 115 Å². The number of rotatable bonds is 5. The predicted molar refractivity (Wildman–Crippen MR) is 76.7 cm³/mol. The van der Waals surface area contributed by atoms with Gasteiger partial charge in [0.2, 0.25) is 0 Å². The van der Waals surface area contributed by atoms with E-state index in [0.29, 0.717) is 13.1 Å². The van der Waals surface area contributed by atoms with Gasteiger partial charge in [-0.3, -0.25) is 14.3 Å². The summed E-state index contributed by atoms with van der Waals surface area (Å²) in [5, 5.41) is 3.04. The van der Waals surface area contributed by atoms with Crippen molar-refractivity contribution in [2.45, 2.75) is 33.0 Å². The lowest BCUT2D eigenvalue weighted by molar-refractivity contribution is 0.615. The number of H-pyrrole nitrogens is 1. The van der Waals surface area contributed by atoms with Crippen molar-refractivity contribution in [1.82, 2.24) is 19.1 Å². The highest BCUT2D eigenvalue weighted by atomic mass is 16.2. The Balaban J connectivity index is 2.25. The van der Waals surface area contributed by atoms with Crippen LogP contribution in [-0.2, 0) is 13.1 Å². The molecule has 2 aromatic rings. The molecule has 8 heteroatoms. The van der Waals surface area contributed by atoms with Gasteiger partial charge in [0.1, 0.15) is 11.5 Å².